The van der Waals surface area contributed by atoms with Gasteiger partial charge in [0.25, 0.3) is 0 Å². The summed E-state index contributed by atoms with van der Waals surface area (Å²) in [6.45, 7) is 4.76. The number of fused-ring (bicyclic) bond motifs is 7. The highest BCUT2D eigenvalue weighted by atomic mass is 16.3. The van der Waals surface area contributed by atoms with E-state index in [-0.39, 0.29) is 10.8 Å². The van der Waals surface area contributed by atoms with Gasteiger partial charge in [0.05, 0.1) is 0 Å². The van der Waals surface area contributed by atoms with Crippen molar-refractivity contribution in [3.63, 3.8) is 0 Å². The molecule has 0 aliphatic heterocycles. The van der Waals surface area contributed by atoms with Crippen LogP contribution in [0.15, 0.2) is 174 Å². The third kappa shape index (κ3) is 5.34. The molecule has 4 fully saturated rings. The van der Waals surface area contributed by atoms with Crippen molar-refractivity contribution in [1.29, 1.82) is 0 Å². The number of anilines is 3. The summed E-state index contributed by atoms with van der Waals surface area (Å²) in [6, 6.07) is 63.5. The molecular formula is C59H49NO. The zero-order chi connectivity index (χ0) is 40.5. The Morgan fingerprint density at radius 2 is 1.03 bits per heavy atom. The smallest absolute Gasteiger partial charge is 0.135 e. The van der Waals surface area contributed by atoms with Crippen LogP contribution in [0.2, 0.25) is 0 Å². The fourth-order valence-corrected chi connectivity index (χ4v) is 13.4. The molecule has 9 aromatic rings. The van der Waals surface area contributed by atoms with Crippen molar-refractivity contribution in [2.45, 2.75) is 63.2 Å². The van der Waals surface area contributed by atoms with Gasteiger partial charge in [0.2, 0.25) is 0 Å². The molecule has 1 aromatic heterocycles. The SMILES string of the molecule is CC1(C)c2ccccc2-c2ccc(N(c3cccc(-c4cccc5cccc(-c6ccccc6)c45)c3)c3ccc4oc5cccc(C67CC8CC(CC(C8)C6)C7)c5c4c3)cc21. The van der Waals surface area contributed by atoms with Crippen LogP contribution in [0.4, 0.5) is 17.1 Å². The van der Waals surface area contributed by atoms with Gasteiger partial charge in [-0.05, 0) is 171 Å². The van der Waals surface area contributed by atoms with Crippen LogP contribution < -0.4 is 4.90 Å². The first-order chi connectivity index (χ1) is 29.9. The van der Waals surface area contributed by atoms with Gasteiger partial charge in [-0.1, -0.05) is 135 Å². The number of nitrogens with zero attached hydrogens (tertiary/aromatic N) is 1. The Labute approximate surface area is 358 Å². The lowest BCUT2D eigenvalue weighted by atomic mass is 9.48. The van der Waals surface area contributed by atoms with Gasteiger partial charge in [0.1, 0.15) is 11.2 Å². The summed E-state index contributed by atoms with van der Waals surface area (Å²) < 4.78 is 6.77. The molecule has 2 heteroatoms. The molecule has 0 N–H and O–H groups in total. The van der Waals surface area contributed by atoms with E-state index in [4.69, 9.17) is 4.42 Å². The average molecular weight is 788 g/mol. The van der Waals surface area contributed by atoms with Gasteiger partial charge in [-0.2, -0.15) is 0 Å². The van der Waals surface area contributed by atoms with Gasteiger partial charge < -0.3 is 9.32 Å². The number of furan rings is 1. The summed E-state index contributed by atoms with van der Waals surface area (Å²) in [4.78, 5) is 2.50. The van der Waals surface area contributed by atoms with Gasteiger partial charge in [0, 0.05) is 33.2 Å². The standard InChI is InChI=1S/C59H49NO/c1-58(2)51-21-7-6-18-48(51)49-26-24-45(33-53(49)58)60(43-17-8-16-42(31-43)47-20-10-15-41-14-9-19-46(56(41)47)40-12-4-3-5-13-40)44-25-27-54-50(32-44)57-52(22-11-23-55(57)61-54)59-34-37-28-38(35-59)30-39(29-37)36-59/h3-27,31-33,37-39H,28-30,34-36H2,1-2H3. The summed E-state index contributed by atoms with van der Waals surface area (Å²) >= 11 is 0. The Morgan fingerprint density at radius 3 is 1.82 bits per heavy atom. The molecule has 61 heavy (non-hydrogen) atoms. The Morgan fingerprint density at radius 1 is 0.443 bits per heavy atom. The van der Waals surface area contributed by atoms with Crippen LogP contribution in [0.5, 0.6) is 0 Å². The number of benzene rings is 8. The van der Waals surface area contributed by atoms with Crippen molar-refractivity contribution in [2.75, 3.05) is 4.90 Å². The van der Waals surface area contributed by atoms with E-state index in [0.717, 1.165) is 46.0 Å². The highest BCUT2D eigenvalue weighted by Gasteiger charge is 2.52. The zero-order valence-electron chi connectivity index (χ0n) is 35.0. The summed E-state index contributed by atoms with van der Waals surface area (Å²) in [6.07, 6.45) is 8.31. The molecule has 0 unspecified atom stereocenters. The second-order valence-electron chi connectivity index (χ2n) is 19.5. The van der Waals surface area contributed by atoms with Crippen molar-refractivity contribution in [1.82, 2.24) is 0 Å². The maximum absolute atomic E-state index is 6.77. The molecule has 8 aromatic carbocycles. The molecule has 2 nitrogen and oxygen atoms in total. The first-order valence-corrected chi connectivity index (χ1v) is 22.6. The van der Waals surface area contributed by atoms with Crippen molar-refractivity contribution in [3.05, 3.63) is 187 Å². The lowest BCUT2D eigenvalue weighted by molar-refractivity contribution is -0.00448. The molecule has 0 spiro atoms. The van der Waals surface area contributed by atoms with Gasteiger partial charge in [-0.25, -0.2) is 0 Å². The Hall–Kier alpha value is -6.38. The molecule has 0 saturated heterocycles. The van der Waals surface area contributed by atoms with Crippen LogP contribution in [0, 0.1) is 17.8 Å². The maximum Gasteiger partial charge on any atom is 0.135 e. The topological polar surface area (TPSA) is 16.4 Å². The molecule has 4 bridgehead atoms. The van der Waals surface area contributed by atoms with Crippen LogP contribution in [-0.4, -0.2) is 0 Å². The maximum atomic E-state index is 6.77. The summed E-state index contributed by atoms with van der Waals surface area (Å²) in [7, 11) is 0. The number of rotatable bonds is 6. The lowest BCUT2D eigenvalue weighted by Crippen LogP contribution is -2.48. The zero-order valence-corrected chi connectivity index (χ0v) is 35.0. The van der Waals surface area contributed by atoms with E-state index in [0.29, 0.717) is 0 Å². The van der Waals surface area contributed by atoms with Gasteiger partial charge in [0.15, 0.2) is 0 Å². The number of hydrogen-bond donors (Lipinski definition) is 0. The second-order valence-corrected chi connectivity index (χ2v) is 19.5. The van der Waals surface area contributed by atoms with Crippen molar-refractivity contribution < 1.29 is 4.42 Å². The monoisotopic (exact) mass is 787 g/mol. The Kier molecular flexibility index (Phi) is 7.58. The second kappa shape index (κ2) is 13.1. The van der Waals surface area contributed by atoms with Crippen LogP contribution >= 0.6 is 0 Å². The quantitative estimate of drug-likeness (QED) is 0.167. The molecule has 1 heterocycles. The molecule has 296 valence electrons. The third-order valence-electron chi connectivity index (χ3n) is 15.6. The summed E-state index contributed by atoms with van der Waals surface area (Å²) in [5.41, 5.74) is 17.5. The highest BCUT2D eigenvalue weighted by Crippen LogP contribution is 2.62. The first kappa shape index (κ1) is 35.4. The van der Waals surface area contributed by atoms with E-state index >= 15 is 0 Å². The highest BCUT2D eigenvalue weighted by molar-refractivity contribution is 6.09. The number of hydrogen-bond acceptors (Lipinski definition) is 2. The summed E-state index contributed by atoms with van der Waals surface area (Å²) in [5.74, 6) is 2.62. The van der Waals surface area contributed by atoms with E-state index in [1.165, 1.54) is 110 Å². The van der Waals surface area contributed by atoms with Crippen molar-refractivity contribution in [3.8, 4) is 33.4 Å². The largest absolute Gasteiger partial charge is 0.456 e. The molecule has 14 rings (SSSR count). The van der Waals surface area contributed by atoms with E-state index in [9.17, 15) is 0 Å². The Bertz CT molecular complexity index is 3180. The predicted molar refractivity (Wildman–Crippen MR) is 254 cm³/mol. The molecule has 0 atom stereocenters. The van der Waals surface area contributed by atoms with E-state index in [1.807, 2.05) is 0 Å². The average Bonchev–Trinajstić information content (AvgIpc) is 3.77. The van der Waals surface area contributed by atoms with Gasteiger partial charge in [-0.3, -0.25) is 0 Å². The van der Waals surface area contributed by atoms with Crippen molar-refractivity contribution in [2.24, 2.45) is 17.8 Å². The minimum absolute atomic E-state index is 0.121. The Balaban J connectivity index is 1.02. The predicted octanol–water partition coefficient (Wildman–Crippen LogP) is 16.3. The van der Waals surface area contributed by atoms with Gasteiger partial charge >= 0.3 is 0 Å². The third-order valence-corrected chi connectivity index (χ3v) is 15.6. The lowest BCUT2D eigenvalue weighted by Gasteiger charge is -2.57. The van der Waals surface area contributed by atoms with Crippen LogP contribution in [0.3, 0.4) is 0 Å². The van der Waals surface area contributed by atoms with Crippen LogP contribution in [0.1, 0.15) is 69.1 Å². The molecule has 5 aliphatic rings. The molecular weight excluding hydrogens is 739 g/mol. The minimum Gasteiger partial charge on any atom is -0.456 e. The minimum atomic E-state index is -0.121. The normalized spacial score (nSPS) is 21.9. The molecule has 0 amide bonds. The van der Waals surface area contributed by atoms with Crippen LogP contribution in [-0.2, 0) is 10.8 Å². The first-order valence-electron chi connectivity index (χ1n) is 22.6. The van der Waals surface area contributed by atoms with Crippen molar-refractivity contribution >= 4 is 49.8 Å². The van der Waals surface area contributed by atoms with Gasteiger partial charge in [-0.15, -0.1) is 0 Å². The fourth-order valence-electron chi connectivity index (χ4n) is 13.4. The summed E-state index contributed by atoms with van der Waals surface area (Å²) in [5, 5.41) is 5.09. The van der Waals surface area contributed by atoms with E-state index in [1.54, 1.807) is 0 Å². The van der Waals surface area contributed by atoms with E-state index < -0.39 is 0 Å². The molecule has 4 saturated carbocycles. The van der Waals surface area contributed by atoms with E-state index in [2.05, 4.69) is 189 Å². The molecule has 5 aliphatic carbocycles. The van der Waals surface area contributed by atoms with Crippen LogP contribution in [0.25, 0.3) is 66.1 Å². The fraction of sp³-hybridized carbons (Fsp3) is 0.220. The molecule has 0 radical (unpaired) electrons.